The van der Waals surface area contributed by atoms with E-state index in [1.807, 2.05) is 23.6 Å². The first-order valence-electron chi connectivity index (χ1n) is 6.96. The van der Waals surface area contributed by atoms with E-state index in [0.717, 1.165) is 34.1 Å². The molecule has 2 heteroatoms. The Kier molecular flexibility index (Phi) is 2.71. The fourth-order valence-corrected chi connectivity index (χ4v) is 3.95. The first kappa shape index (κ1) is 11.9. The predicted octanol–water partition coefficient (Wildman–Crippen LogP) is 4.62. The Bertz CT molecular complexity index is 813. The van der Waals surface area contributed by atoms with Crippen molar-refractivity contribution < 1.29 is 4.79 Å². The monoisotopic (exact) mass is 278 g/mol. The Morgan fingerprint density at radius 1 is 1.00 bits per heavy atom. The zero-order chi connectivity index (χ0) is 13.5. The summed E-state index contributed by atoms with van der Waals surface area (Å²) in [6.07, 6.45) is 3.48. The van der Waals surface area contributed by atoms with Crippen LogP contribution in [0.1, 0.15) is 33.5 Å². The summed E-state index contributed by atoms with van der Waals surface area (Å²) in [6.45, 7) is 0. The zero-order valence-corrected chi connectivity index (χ0v) is 11.9. The Morgan fingerprint density at radius 2 is 1.90 bits per heavy atom. The molecule has 0 amide bonds. The molecule has 4 rings (SSSR count). The molecule has 0 radical (unpaired) electrons. The van der Waals surface area contributed by atoms with Gasteiger partial charge in [0.2, 0.25) is 0 Å². The summed E-state index contributed by atoms with van der Waals surface area (Å²) in [7, 11) is 0. The fourth-order valence-electron chi connectivity index (χ4n) is 3.04. The fraction of sp³-hybridized carbons (Fsp3) is 0.167. The highest BCUT2D eigenvalue weighted by atomic mass is 32.1. The molecule has 0 bridgehead atoms. The molecule has 20 heavy (non-hydrogen) atoms. The molecule has 1 heterocycles. The van der Waals surface area contributed by atoms with Crippen molar-refractivity contribution in [3.8, 4) is 0 Å². The van der Waals surface area contributed by atoms with E-state index in [4.69, 9.17) is 0 Å². The van der Waals surface area contributed by atoms with Crippen LogP contribution in [0.2, 0.25) is 0 Å². The Morgan fingerprint density at radius 3 is 2.85 bits per heavy atom. The van der Waals surface area contributed by atoms with Gasteiger partial charge in [-0.3, -0.25) is 4.79 Å². The van der Waals surface area contributed by atoms with E-state index in [-0.39, 0.29) is 5.78 Å². The summed E-state index contributed by atoms with van der Waals surface area (Å²) < 4.78 is 1.10. The van der Waals surface area contributed by atoms with Crippen molar-refractivity contribution in [2.24, 2.45) is 0 Å². The van der Waals surface area contributed by atoms with Gasteiger partial charge in [0.25, 0.3) is 0 Å². The molecule has 1 aliphatic rings. The molecule has 3 aromatic rings. The maximum atomic E-state index is 12.8. The highest BCUT2D eigenvalue weighted by molar-refractivity contribution is 7.17. The SMILES string of the molecule is O=C(c1ccc2c(c1)CCC2)c1cccc2ccsc12. The third-order valence-corrected chi connectivity index (χ3v) is 5.05. The van der Waals surface area contributed by atoms with E-state index >= 15 is 0 Å². The third kappa shape index (κ3) is 1.80. The number of aryl methyl sites for hydroxylation is 2. The molecule has 0 saturated carbocycles. The number of benzene rings is 2. The second kappa shape index (κ2) is 4.57. The summed E-state index contributed by atoms with van der Waals surface area (Å²) >= 11 is 1.64. The number of carbonyl (C=O) groups is 1. The van der Waals surface area contributed by atoms with Crippen LogP contribution in [-0.4, -0.2) is 5.78 Å². The van der Waals surface area contributed by atoms with Gasteiger partial charge in [-0.25, -0.2) is 0 Å². The van der Waals surface area contributed by atoms with Gasteiger partial charge in [-0.1, -0.05) is 24.3 Å². The molecule has 0 N–H and O–H groups in total. The number of ketones is 1. The van der Waals surface area contributed by atoms with Crippen LogP contribution in [0.15, 0.2) is 47.8 Å². The summed E-state index contributed by atoms with van der Waals surface area (Å²) in [5.41, 5.74) is 4.42. The highest BCUT2D eigenvalue weighted by Gasteiger charge is 2.17. The zero-order valence-electron chi connectivity index (χ0n) is 11.1. The van der Waals surface area contributed by atoms with Crippen LogP contribution in [0.5, 0.6) is 0 Å². The number of hydrogen-bond acceptors (Lipinski definition) is 2. The molecular formula is C18H14OS. The van der Waals surface area contributed by atoms with Crippen molar-refractivity contribution in [1.82, 2.24) is 0 Å². The first-order chi connectivity index (χ1) is 9.83. The van der Waals surface area contributed by atoms with E-state index in [1.165, 1.54) is 17.5 Å². The quantitative estimate of drug-likeness (QED) is 0.625. The molecule has 0 spiro atoms. The minimum atomic E-state index is 0.146. The molecule has 0 atom stereocenters. The molecule has 0 fully saturated rings. The summed E-state index contributed by atoms with van der Waals surface area (Å²) in [6, 6.07) is 14.2. The van der Waals surface area contributed by atoms with Crippen molar-refractivity contribution in [3.05, 3.63) is 70.1 Å². The van der Waals surface area contributed by atoms with Crippen molar-refractivity contribution in [1.29, 1.82) is 0 Å². The lowest BCUT2D eigenvalue weighted by Gasteiger charge is -2.05. The highest BCUT2D eigenvalue weighted by Crippen LogP contribution is 2.28. The topological polar surface area (TPSA) is 17.1 Å². The number of hydrogen-bond donors (Lipinski definition) is 0. The third-order valence-electron chi connectivity index (χ3n) is 4.08. The van der Waals surface area contributed by atoms with E-state index in [9.17, 15) is 4.79 Å². The van der Waals surface area contributed by atoms with Gasteiger partial charge in [0.1, 0.15) is 0 Å². The van der Waals surface area contributed by atoms with Crippen molar-refractivity contribution in [2.75, 3.05) is 0 Å². The minimum Gasteiger partial charge on any atom is -0.289 e. The largest absolute Gasteiger partial charge is 0.289 e. The summed E-state index contributed by atoms with van der Waals surface area (Å²) in [4.78, 5) is 12.8. The molecule has 1 aromatic heterocycles. The summed E-state index contributed by atoms with van der Waals surface area (Å²) in [5, 5.41) is 3.20. The number of rotatable bonds is 2. The summed E-state index contributed by atoms with van der Waals surface area (Å²) in [5.74, 6) is 0.146. The van der Waals surface area contributed by atoms with Crippen LogP contribution in [0.4, 0.5) is 0 Å². The van der Waals surface area contributed by atoms with Crippen LogP contribution in [0.25, 0.3) is 10.1 Å². The number of fused-ring (bicyclic) bond motifs is 2. The van der Waals surface area contributed by atoms with Gasteiger partial charge in [-0.2, -0.15) is 0 Å². The van der Waals surface area contributed by atoms with Crippen molar-refractivity contribution in [3.63, 3.8) is 0 Å². The van der Waals surface area contributed by atoms with E-state index in [0.29, 0.717) is 0 Å². The van der Waals surface area contributed by atoms with Crippen LogP contribution in [-0.2, 0) is 12.8 Å². The molecule has 1 nitrogen and oxygen atoms in total. The number of carbonyl (C=O) groups excluding carboxylic acids is 1. The lowest BCUT2D eigenvalue weighted by Crippen LogP contribution is -2.02. The van der Waals surface area contributed by atoms with Crippen LogP contribution in [0.3, 0.4) is 0 Å². The second-order valence-corrected chi connectivity index (χ2v) is 6.23. The molecule has 1 aliphatic carbocycles. The van der Waals surface area contributed by atoms with Gasteiger partial charge >= 0.3 is 0 Å². The normalized spacial score (nSPS) is 13.6. The molecule has 2 aromatic carbocycles. The first-order valence-corrected chi connectivity index (χ1v) is 7.83. The van der Waals surface area contributed by atoms with E-state index < -0.39 is 0 Å². The second-order valence-electron chi connectivity index (χ2n) is 5.31. The lowest BCUT2D eigenvalue weighted by molar-refractivity contribution is 0.104. The molecule has 0 unspecified atom stereocenters. The molecule has 0 aliphatic heterocycles. The van der Waals surface area contributed by atoms with Crippen molar-refractivity contribution in [2.45, 2.75) is 19.3 Å². The van der Waals surface area contributed by atoms with Gasteiger partial charge in [0.15, 0.2) is 5.78 Å². The average Bonchev–Trinajstić information content (AvgIpc) is 3.13. The smallest absolute Gasteiger partial charge is 0.194 e. The van der Waals surface area contributed by atoms with Crippen LogP contribution >= 0.6 is 11.3 Å². The van der Waals surface area contributed by atoms with Gasteiger partial charge < -0.3 is 0 Å². The lowest BCUT2D eigenvalue weighted by atomic mass is 9.99. The molecule has 98 valence electrons. The molecular weight excluding hydrogens is 264 g/mol. The van der Waals surface area contributed by atoms with Crippen LogP contribution in [0, 0.1) is 0 Å². The van der Waals surface area contributed by atoms with Gasteiger partial charge in [0, 0.05) is 15.8 Å². The maximum Gasteiger partial charge on any atom is 0.194 e. The molecule has 0 saturated heterocycles. The van der Waals surface area contributed by atoms with Gasteiger partial charge in [-0.05, 0) is 59.4 Å². The van der Waals surface area contributed by atoms with E-state index in [2.05, 4.69) is 24.3 Å². The average molecular weight is 278 g/mol. The van der Waals surface area contributed by atoms with E-state index in [1.54, 1.807) is 11.3 Å². The van der Waals surface area contributed by atoms with Gasteiger partial charge in [0.05, 0.1) is 0 Å². The maximum absolute atomic E-state index is 12.8. The Balaban J connectivity index is 1.82. The van der Waals surface area contributed by atoms with Crippen molar-refractivity contribution >= 4 is 27.2 Å². The Labute approximate surface area is 121 Å². The Hall–Kier alpha value is -1.93. The van der Waals surface area contributed by atoms with Crippen LogP contribution < -0.4 is 0 Å². The van der Waals surface area contributed by atoms with Gasteiger partial charge in [-0.15, -0.1) is 11.3 Å². The standard InChI is InChI=1S/C18H14OS/c19-17(15-8-7-12-3-1-5-14(12)11-15)16-6-2-4-13-9-10-20-18(13)16/h2,4,6-11H,1,3,5H2. The predicted molar refractivity (Wildman–Crippen MR) is 83.7 cm³/mol. The number of thiophene rings is 1. The minimum absolute atomic E-state index is 0.146.